The maximum absolute atomic E-state index is 12.5. The number of piperazine rings is 1. The summed E-state index contributed by atoms with van der Waals surface area (Å²) in [5.74, 6) is -0.0710. The SMILES string of the molecule is Cl.NCC(=O)N1CCN(c2cnn(-c3ccccc3)c(=O)c2Cl)CC1. The van der Waals surface area contributed by atoms with Crippen LogP contribution in [0.2, 0.25) is 5.02 Å². The van der Waals surface area contributed by atoms with Gasteiger partial charge < -0.3 is 15.5 Å². The number of para-hydroxylation sites is 1. The fourth-order valence-electron chi connectivity index (χ4n) is 2.72. The van der Waals surface area contributed by atoms with Gasteiger partial charge in [-0.3, -0.25) is 9.59 Å². The van der Waals surface area contributed by atoms with Gasteiger partial charge in [0.15, 0.2) is 0 Å². The summed E-state index contributed by atoms with van der Waals surface area (Å²) in [4.78, 5) is 27.8. The lowest BCUT2D eigenvalue weighted by atomic mass is 10.2. The van der Waals surface area contributed by atoms with Crippen molar-refractivity contribution in [2.24, 2.45) is 5.73 Å². The molecule has 0 bridgehead atoms. The van der Waals surface area contributed by atoms with Crippen molar-refractivity contribution in [3.8, 4) is 5.69 Å². The van der Waals surface area contributed by atoms with E-state index in [9.17, 15) is 9.59 Å². The van der Waals surface area contributed by atoms with Crippen molar-refractivity contribution in [3.63, 3.8) is 0 Å². The molecule has 7 nitrogen and oxygen atoms in total. The first-order valence-corrected chi connectivity index (χ1v) is 8.05. The topological polar surface area (TPSA) is 84.5 Å². The molecule has 0 unspecified atom stereocenters. The minimum atomic E-state index is -0.360. The van der Waals surface area contributed by atoms with Gasteiger partial charge in [0.1, 0.15) is 5.02 Å². The number of nitrogens with two attached hydrogens (primary N) is 1. The molecule has 0 atom stereocenters. The third-order valence-electron chi connectivity index (χ3n) is 4.05. The van der Waals surface area contributed by atoms with Gasteiger partial charge in [-0.1, -0.05) is 29.8 Å². The molecule has 1 aromatic carbocycles. The number of rotatable bonds is 3. The Kier molecular flexibility index (Phi) is 6.41. The van der Waals surface area contributed by atoms with E-state index in [1.807, 2.05) is 23.1 Å². The molecule has 0 saturated carbocycles. The summed E-state index contributed by atoms with van der Waals surface area (Å²) in [5, 5.41) is 4.36. The summed E-state index contributed by atoms with van der Waals surface area (Å²) in [6.45, 7) is 2.28. The van der Waals surface area contributed by atoms with Crippen LogP contribution in [-0.2, 0) is 4.79 Å². The number of benzene rings is 1. The van der Waals surface area contributed by atoms with Crippen LogP contribution in [0.3, 0.4) is 0 Å². The number of hydrogen-bond donors (Lipinski definition) is 1. The van der Waals surface area contributed by atoms with Crippen molar-refractivity contribution < 1.29 is 4.79 Å². The van der Waals surface area contributed by atoms with Crippen LogP contribution in [0, 0.1) is 0 Å². The van der Waals surface area contributed by atoms with Crippen LogP contribution in [-0.4, -0.2) is 53.3 Å². The lowest BCUT2D eigenvalue weighted by Crippen LogP contribution is -2.50. The Morgan fingerprint density at radius 2 is 1.80 bits per heavy atom. The Morgan fingerprint density at radius 3 is 2.40 bits per heavy atom. The molecule has 2 N–H and O–H groups in total. The van der Waals surface area contributed by atoms with E-state index in [0.29, 0.717) is 37.6 Å². The first-order valence-electron chi connectivity index (χ1n) is 7.68. The second-order valence-corrected chi connectivity index (χ2v) is 5.85. The smallest absolute Gasteiger partial charge is 0.292 e. The van der Waals surface area contributed by atoms with Crippen LogP contribution in [0.15, 0.2) is 41.3 Å². The number of anilines is 1. The quantitative estimate of drug-likeness (QED) is 0.851. The molecule has 0 spiro atoms. The van der Waals surface area contributed by atoms with Gasteiger partial charge in [0.05, 0.1) is 24.1 Å². The van der Waals surface area contributed by atoms with Gasteiger partial charge in [-0.05, 0) is 12.1 Å². The van der Waals surface area contributed by atoms with E-state index in [0.717, 1.165) is 0 Å². The van der Waals surface area contributed by atoms with Gasteiger partial charge in [0.2, 0.25) is 5.91 Å². The highest BCUT2D eigenvalue weighted by Crippen LogP contribution is 2.23. The van der Waals surface area contributed by atoms with Gasteiger partial charge in [-0.2, -0.15) is 9.78 Å². The molecule has 134 valence electrons. The molecule has 0 radical (unpaired) electrons. The number of carbonyl (C=O) groups is 1. The van der Waals surface area contributed by atoms with Crippen LogP contribution in [0.1, 0.15) is 0 Å². The number of nitrogens with zero attached hydrogens (tertiary/aromatic N) is 4. The van der Waals surface area contributed by atoms with E-state index in [1.165, 1.54) is 4.68 Å². The van der Waals surface area contributed by atoms with E-state index in [2.05, 4.69) is 5.10 Å². The number of carbonyl (C=O) groups excluding carboxylic acids is 1. The average Bonchev–Trinajstić information content (AvgIpc) is 2.64. The summed E-state index contributed by atoms with van der Waals surface area (Å²) >= 11 is 6.29. The normalized spacial score (nSPS) is 14.2. The monoisotopic (exact) mass is 383 g/mol. The summed E-state index contributed by atoms with van der Waals surface area (Å²) in [7, 11) is 0. The molecular weight excluding hydrogens is 365 g/mol. The molecule has 1 saturated heterocycles. The first-order chi connectivity index (χ1) is 11.6. The summed E-state index contributed by atoms with van der Waals surface area (Å²) < 4.78 is 1.28. The highest BCUT2D eigenvalue weighted by atomic mass is 35.5. The molecule has 25 heavy (non-hydrogen) atoms. The fourth-order valence-corrected chi connectivity index (χ4v) is 2.97. The molecule has 1 aliphatic heterocycles. The predicted octanol–water partition coefficient (Wildman–Crippen LogP) is 0.915. The van der Waals surface area contributed by atoms with Crippen molar-refractivity contribution in [1.82, 2.24) is 14.7 Å². The second kappa shape index (κ2) is 8.33. The number of halogens is 2. The predicted molar refractivity (Wildman–Crippen MR) is 99.9 cm³/mol. The van der Waals surface area contributed by atoms with Crippen molar-refractivity contribution in [2.45, 2.75) is 0 Å². The summed E-state index contributed by atoms with van der Waals surface area (Å²) in [5.41, 5.74) is 6.28. The maximum atomic E-state index is 12.5. The fraction of sp³-hybridized carbons (Fsp3) is 0.312. The summed E-state index contributed by atoms with van der Waals surface area (Å²) in [6, 6.07) is 9.12. The average molecular weight is 384 g/mol. The third-order valence-corrected chi connectivity index (χ3v) is 4.40. The van der Waals surface area contributed by atoms with Crippen LogP contribution in [0.25, 0.3) is 5.69 Å². The van der Waals surface area contributed by atoms with Crippen LogP contribution >= 0.6 is 24.0 Å². The van der Waals surface area contributed by atoms with Gasteiger partial charge >= 0.3 is 0 Å². The molecule has 1 fully saturated rings. The van der Waals surface area contributed by atoms with Crippen LogP contribution < -0.4 is 16.2 Å². The lowest BCUT2D eigenvalue weighted by Gasteiger charge is -2.36. The number of amides is 1. The molecule has 9 heteroatoms. The lowest BCUT2D eigenvalue weighted by molar-refractivity contribution is -0.129. The van der Waals surface area contributed by atoms with Crippen molar-refractivity contribution >= 4 is 35.6 Å². The van der Waals surface area contributed by atoms with Crippen LogP contribution in [0.4, 0.5) is 5.69 Å². The largest absolute Gasteiger partial charge is 0.365 e. The Labute approximate surface area is 156 Å². The second-order valence-electron chi connectivity index (χ2n) is 5.47. The van der Waals surface area contributed by atoms with Crippen molar-refractivity contribution in [3.05, 3.63) is 51.9 Å². The zero-order chi connectivity index (χ0) is 17.1. The van der Waals surface area contributed by atoms with Crippen molar-refractivity contribution in [2.75, 3.05) is 37.6 Å². The molecule has 2 heterocycles. The number of aromatic nitrogens is 2. The minimum Gasteiger partial charge on any atom is -0.365 e. The Bertz CT molecular complexity index is 789. The summed E-state index contributed by atoms with van der Waals surface area (Å²) in [6.07, 6.45) is 1.59. The first kappa shape index (κ1) is 19.2. The van der Waals surface area contributed by atoms with E-state index in [1.54, 1.807) is 23.2 Å². The third kappa shape index (κ3) is 3.95. The van der Waals surface area contributed by atoms with E-state index >= 15 is 0 Å². The highest BCUT2D eigenvalue weighted by Gasteiger charge is 2.23. The Balaban J connectivity index is 0.00000225. The van der Waals surface area contributed by atoms with Gasteiger partial charge in [-0.25, -0.2) is 0 Å². The van der Waals surface area contributed by atoms with E-state index in [4.69, 9.17) is 17.3 Å². The van der Waals surface area contributed by atoms with E-state index < -0.39 is 0 Å². The molecule has 1 amide bonds. The molecule has 1 aromatic heterocycles. The molecule has 1 aliphatic rings. The maximum Gasteiger partial charge on any atom is 0.292 e. The van der Waals surface area contributed by atoms with Crippen LogP contribution in [0.5, 0.6) is 0 Å². The molecule has 2 aromatic rings. The highest BCUT2D eigenvalue weighted by molar-refractivity contribution is 6.33. The Hall–Kier alpha value is -2.09. The van der Waals surface area contributed by atoms with Gasteiger partial charge in [0, 0.05) is 26.2 Å². The van der Waals surface area contributed by atoms with Gasteiger partial charge in [-0.15, -0.1) is 12.4 Å². The zero-order valence-electron chi connectivity index (χ0n) is 13.5. The minimum absolute atomic E-state index is 0. The molecular formula is C16H19Cl2N5O2. The van der Waals surface area contributed by atoms with Gasteiger partial charge in [0.25, 0.3) is 5.56 Å². The zero-order valence-corrected chi connectivity index (χ0v) is 15.0. The standard InChI is InChI=1S/C16H18ClN5O2.ClH/c17-15-13(20-6-8-21(9-7-20)14(23)10-18)11-19-22(16(15)24)12-4-2-1-3-5-12;/h1-5,11H,6-10,18H2;1H. The number of hydrogen-bond acceptors (Lipinski definition) is 5. The van der Waals surface area contributed by atoms with Crippen molar-refractivity contribution in [1.29, 1.82) is 0 Å². The molecule has 3 rings (SSSR count). The molecule has 0 aliphatic carbocycles. The Morgan fingerprint density at radius 1 is 1.16 bits per heavy atom. The van der Waals surface area contributed by atoms with E-state index in [-0.39, 0.29) is 35.4 Å².